The van der Waals surface area contributed by atoms with Crippen molar-refractivity contribution < 1.29 is 12.8 Å². The third-order valence-corrected chi connectivity index (χ3v) is 5.39. The van der Waals surface area contributed by atoms with E-state index in [9.17, 15) is 12.8 Å². The van der Waals surface area contributed by atoms with Gasteiger partial charge in [-0.3, -0.25) is 4.99 Å². The Hall–Kier alpha value is -1.63. The molecule has 7 heteroatoms. The third-order valence-electron chi connectivity index (χ3n) is 4.41. The van der Waals surface area contributed by atoms with Crippen molar-refractivity contribution in [1.29, 1.82) is 0 Å². The number of rotatable bonds is 7. The van der Waals surface area contributed by atoms with Gasteiger partial charge in [-0.1, -0.05) is 12.1 Å². The van der Waals surface area contributed by atoms with E-state index < -0.39 is 9.84 Å². The summed E-state index contributed by atoms with van der Waals surface area (Å²) in [4.78, 5) is 4.19. The lowest BCUT2D eigenvalue weighted by atomic mass is 9.96. The van der Waals surface area contributed by atoms with Crippen LogP contribution in [0.2, 0.25) is 0 Å². The van der Waals surface area contributed by atoms with Gasteiger partial charge in [0.05, 0.1) is 5.75 Å². The van der Waals surface area contributed by atoms with Gasteiger partial charge in [-0.15, -0.1) is 0 Å². The van der Waals surface area contributed by atoms with Gasteiger partial charge in [0.15, 0.2) is 5.96 Å². The number of guanidine groups is 1. The van der Waals surface area contributed by atoms with E-state index in [1.165, 1.54) is 12.3 Å². The van der Waals surface area contributed by atoms with Crippen molar-refractivity contribution >= 4 is 15.8 Å². The highest BCUT2D eigenvalue weighted by Crippen LogP contribution is 2.47. The molecule has 1 aromatic carbocycles. The molecule has 5 nitrogen and oxygen atoms in total. The van der Waals surface area contributed by atoms with E-state index in [2.05, 4.69) is 15.6 Å². The normalized spacial score (nSPS) is 18.1. The minimum absolute atomic E-state index is 0.00440. The van der Waals surface area contributed by atoms with Crippen LogP contribution in [0.25, 0.3) is 0 Å². The van der Waals surface area contributed by atoms with Crippen LogP contribution in [-0.2, 0) is 15.3 Å². The zero-order valence-electron chi connectivity index (χ0n) is 14.5. The Morgan fingerprint density at radius 2 is 2.12 bits per heavy atom. The van der Waals surface area contributed by atoms with Gasteiger partial charge in [0, 0.05) is 31.3 Å². The van der Waals surface area contributed by atoms with Crippen LogP contribution in [0.4, 0.5) is 4.39 Å². The third kappa shape index (κ3) is 5.47. The van der Waals surface area contributed by atoms with Crippen molar-refractivity contribution in [2.45, 2.75) is 37.6 Å². The summed E-state index contributed by atoms with van der Waals surface area (Å²) in [6, 6.07) is 6.75. The summed E-state index contributed by atoms with van der Waals surface area (Å²) in [5, 5.41) is 6.49. The molecule has 0 amide bonds. The second-order valence-electron chi connectivity index (χ2n) is 6.68. The van der Waals surface area contributed by atoms with Crippen LogP contribution in [-0.4, -0.2) is 46.0 Å². The number of hydrogen-bond acceptors (Lipinski definition) is 3. The van der Waals surface area contributed by atoms with E-state index in [1.807, 2.05) is 13.0 Å². The number of nitrogens with zero attached hydrogens (tertiary/aromatic N) is 1. The van der Waals surface area contributed by atoms with Crippen molar-refractivity contribution in [2.75, 3.05) is 25.6 Å². The molecule has 1 aliphatic carbocycles. The lowest BCUT2D eigenvalue weighted by Gasteiger charge is -2.21. The van der Waals surface area contributed by atoms with E-state index in [1.54, 1.807) is 19.2 Å². The average molecular weight is 355 g/mol. The molecule has 2 N–H and O–H groups in total. The minimum Gasteiger partial charge on any atom is -0.356 e. The number of hydrogen-bond donors (Lipinski definition) is 2. The smallest absolute Gasteiger partial charge is 0.191 e. The van der Waals surface area contributed by atoms with Gasteiger partial charge in [0.25, 0.3) is 0 Å². The van der Waals surface area contributed by atoms with Gasteiger partial charge in [-0.2, -0.15) is 0 Å². The van der Waals surface area contributed by atoms with Gasteiger partial charge in [-0.25, -0.2) is 12.8 Å². The molecule has 1 aromatic rings. The lowest BCUT2D eigenvalue weighted by Crippen LogP contribution is -2.45. The second kappa shape index (κ2) is 7.51. The van der Waals surface area contributed by atoms with Gasteiger partial charge >= 0.3 is 0 Å². The maximum atomic E-state index is 13.4. The van der Waals surface area contributed by atoms with Crippen molar-refractivity contribution in [3.63, 3.8) is 0 Å². The maximum Gasteiger partial charge on any atom is 0.191 e. The summed E-state index contributed by atoms with van der Waals surface area (Å²) >= 11 is 0. The summed E-state index contributed by atoms with van der Waals surface area (Å²) < 4.78 is 35.9. The molecule has 0 radical (unpaired) electrons. The largest absolute Gasteiger partial charge is 0.356 e. The van der Waals surface area contributed by atoms with E-state index >= 15 is 0 Å². The second-order valence-corrected chi connectivity index (χ2v) is 8.94. The van der Waals surface area contributed by atoms with Crippen LogP contribution in [0, 0.1) is 5.82 Å². The Kier molecular flexibility index (Phi) is 5.85. The molecule has 1 aliphatic rings. The van der Waals surface area contributed by atoms with Gasteiger partial charge in [0.2, 0.25) is 0 Å². The molecule has 0 saturated heterocycles. The zero-order chi connectivity index (χ0) is 17.8. The van der Waals surface area contributed by atoms with Crippen LogP contribution in [0.5, 0.6) is 0 Å². The molecule has 0 aliphatic heterocycles. The Morgan fingerprint density at radius 1 is 1.42 bits per heavy atom. The van der Waals surface area contributed by atoms with E-state index in [0.717, 1.165) is 18.4 Å². The quantitative estimate of drug-likeness (QED) is 0.578. The Labute approximate surface area is 143 Å². The SMILES string of the molecule is CN=C(NCC1(c2cccc(F)c2)CC1)NC(C)CCS(C)(=O)=O. The number of benzene rings is 1. The van der Waals surface area contributed by atoms with Crippen LogP contribution < -0.4 is 10.6 Å². The summed E-state index contributed by atoms with van der Waals surface area (Å²) in [6.07, 6.45) is 3.80. The minimum atomic E-state index is -2.96. The number of nitrogens with one attached hydrogen (secondary N) is 2. The fourth-order valence-electron chi connectivity index (χ4n) is 2.68. The standard InChI is InChI=1S/C17H26FN3O2S/c1-13(7-10-24(3,22)23)21-16(19-2)20-12-17(8-9-17)14-5-4-6-15(18)11-14/h4-6,11,13H,7-10,12H2,1-3H3,(H2,19,20,21). The fourth-order valence-corrected chi connectivity index (χ4v) is 3.46. The highest BCUT2D eigenvalue weighted by atomic mass is 32.2. The van der Waals surface area contributed by atoms with Crippen LogP contribution >= 0.6 is 0 Å². The van der Waals surface area contributed by atoms with Crippen LogP contribution in [0.1, 0.15) is 31.7 Å². The molecule has 134 valence electrons. The number of aliphatic imine (C=N–C) groups is 1. The Balaban J connectivity index is 1.88. The van der Waals surface area contributed by atoms with E-state index in [0.29, 0.717) is 18.9 Å². The van der Waals surface area contributed by atoms with E-state index in [4.69, 9.17) is 0 Å². The Morgan fingerprint density at radius 3 is 2.67 bits per heavy atom. The summed E-state index contributed by atoms with van der Waals surface area (Å²) in [5.74, 6) is 0.570. The van der Waals surface area contributed by atoms with Gasteiger partial charge in [-0.05, 0) is 43.9 Å². The average Bonchev–Trinajstić information content (AvgIpc) is 3.30. The zero-order valence-corrected chi connectivity index (χ0v) is 15.3. The predicted octanol–water partition coefficient (Wildman–Crippen LogP) is 1.85. The molecule has 1 atom stereocenters. The molecule has 0 aromatic heterocycles. The highest BCUT2D eigenvalue weighted by Gasteiger charge is 2.44. The topological polar surface area (TPSA) is 70.6 Å². The summed E-state index contributed by atoms with van der Waals surface area (Å²) in [7, 11) is -1.28. The first-order chi connectivity index (χ1) is 11.2. The first-order valence-electron chi connectivity index (χ1n) is 8.15. The van der Waals surface area contributed by atoms with Crippen LogP contribution in [0.3, 0.4) is 0 Å². The van der Waals surface area contributed by atoms with Crippen molar-refractivity contribution in [3.05, 3.63) is 35.6 Å². The molecular formula is C17H26FN3O2S. The molecule has 0 spiro atoms. The molecule has 2 rings (SSSR count). The summed E-state index contributed by atoms with van der Waals surface area (Å²) in [6.45, 7) is 2.60. The van der Waals surface area contributed by atoms with Crippen molar-refractivity contribution in [3.8, 4) is 0 Å². The van der Waals surface area contributed by atoms with E-state index in [-0.39, 0.29) is 23.0 Å². The molecular weight excluding hydrogens is 329 g/mol. The van der Waals surface area contributed by atoms with Crippen molar-refractivity contribution in [2.24, 2.45) is 4.99 Å². The maximum absolute atomic E-state index is 13.4. The number of halogens is 1. The number of sulfone groups is 1. The predicted molar refractivity (Wildman–Crippen MR) is 95.6 cm³/mol. The molecule has 24 heavy (non-hydrogen) atoms. The summed E-state index contributed by atoms with van der Waals surface area (Å²) in [5.41, 5.74) is 0.978. The fraction of sp³-hybridized carbons (Fsp3) is 0.588. The molecule has 1 unspecified atom stereocenters. The molecule has 0 heterocycles. The van der Waals surface area contributed by atoms with Gasteiger partial charge < -0.3 is 10.6 Å². The monoisotopic (exact) mass is 355 g/mol. The van der Waals surface area contributed by atoms with Crippen LogP contribution in [0.15, 0.2) is 29.3 Å². The first kappa shape index (κ1) is 18.7. The van der Waals surface area contributed by atoms with Gasteiger partial charge in [0.1, 0.15) is 15.7 Å². The highest BCUT2D eigenvalue weighted by molar-refractivity contribution is 7.90. The molecule has 1 fully saturated rings. The first-order valence-corrected chi connectivity index (χ1v) is 10.2. The Bertz CT molecular complexity index is 700. The molecule has 1 saturated carbocycles. The molecule has 0 bridgehead atoms. The van der Waals surface area contributed by atoms with Crippen molar-refractivity contribution in [1.82, 2.24) is 10.6 Å². The lowest BCUT2D eigenvalue weighted by molar-refractivity contribution is 0.575.